The van der Waals surface area contributed by atoms with Crippen molar-refractivity contribution in [1.29, 1.82) is 0 Å². The summed E-state index contributed by atoms with van der Waals surface area (Å²) in [5, 5.41) is 10.8. The van der Waals surface area contributed by atoms with Crippen molar-refractivity contribution in [2.45, 2.75) is 84.0 Å². The molecular weight excluding hydrogens is 326 g/mol. The number of carbonyl (C=O) groups excluding carboxylic acids is 1. The van der Waals surface area contributed by atoms with Gasteiger partial charge in [-0.05, 0) is 44.9 Å². The van der Waals surface area contributed by atoms with Crippen LogP contribution in [0.25, 0.3) is 0 Å². The van der Waals surface area contributed by atoms with Crippen molar-refractivity contribution in [3.8, 4) is 0 Å². The number of aliphatic carboxylic acids is 1. The third kappa shape index (κ3) is 20.2. The van der Waals surface area contributed by atoms with E-state index >= 15 is 0 Å². The van der Waals surface area contributed by atoms with E-state index in [1.165, 1.54) is 25.7 Å². The van der Waals surface area contributed by atoms with Crippen molar-refractivity contribution in [2.24, 2.45) is 0 Å². The molecule has 0 bridgehead atoms. The molecule has 26 heavy (non-hydrogen) atoms. The van der Waals surface area contributed by atoms with Gasteiger partial charge in [-0.25, -0.2) is 0 Å². The van der Waals surface area contributed by atoms with Crippen LogP contribution in [0.15, 0.2) is 36.5 Å². The largest absolute Gasteiger partial charge is 0.480 e. The van der Waals surface area contributed by atoms with Crippen LogP contribution in [0.5, 0.6) is 0 Å². The second kappa shape index (κ2) is 19.5. The second-order valence-corrected chi connectivity index (χ2v) is 6.50. The molecule has 0 atom stereocenters. The van der Waals surface area contributed by atoms with Crippen LogP contribution in [0, 0.1) is 0 Å². The van der Waals surface area contributed by atoms with Crippen LogP contribution in [-0.4, -0.2) is 23.5 Å². The molecule has 148 valence electrons. The zero-order chi connectivity index (χ0) is 19.3. The fourth-order valence-electron chi connectivity index (χ4n) is 2.45. The van der Waals surface area contributed by atoms with Gasteiger partial charge in [0.05, 0.1) is 0 Å². The highest BCUT2D eigenvalue weighted by molar-refractivity contribution is 5.80. The smallest absolute Gasteiger partial charge is 0.322 e. The number of amides is 1. The minimum Gasteiger partial charge on any atom is -0.480 e. The fourth-order valence-corrected chi connectivity index (χ4v) is 2.45. The molecule has 0 aliphatic carbocycles. The Morgan fingerprint density at radius 3 is 1.88 bits per heavy atom. The van der Waals surface area contributed by atoms with Crippen molar-refractivity contribution in [3.05, 3.63) is 36.5 Å². The van der Waals surface area contributed by atoms with Gasteiger partial charge in [-0.15, -0.1) is 0 Å². The number of carbonyl (C=O) groups is 2. The van der Waals surface area contributed by atoms with Crippen LogP contribution in [-0.2, 0) is 9.59 Å². The van der Waals surface area contributed by atoms with Crippen LogP contribution in [0.4, 0.5) is 0 Å². The number of rotatable bonds is 17. The lowest BCUT2D eigenvalue weighted by molar-refractivity contribution is -0.137. The van der Waals surface area contributed by atoms with Gasteiger partial charge < -0.3 is 10.4 Å². The molecule has 0 unspecified atom stereocenters. The maximum atomic E-state index is 11.3. The molecule has 0 aliphatic rings. The molecule has 0 spiro atoms. The summed E-state index contributed by atoms with van der Waals surface area (Å²) in [4.78, 5) is 21.6. The first-order valence-electron chi connectivity index (χ1n) is 10.1. The quantitative estimate of drug-likeness (QED) is 0.263. The van der Waals surface area contributed by atoms with Gasteiger partial charge in [0.15, 0.2) is 0 Å². The highest BCUT2D eigenvalue weighted by Gasteiger charge is 2.02. The predicted octanol–water partition coefficient (Wildman–Crippen LogP) is 5.56. The number of hydrogen-bond donors (Lipinski definition) is 2. The Morgan fingerprint density at radius 2 is 1.31 bits per heavy atom. The molecule has 0 saturated carbocycles. The third-order valence-electron chi connectivity index (χ3n) is 3.98. The van der Waals surface area contributed by atoms with Gasteiger partial charge in [0.25, 0.3) is 0 Å². The summed E-state index contributed by atoms with van der Waals surface area (Å²) in [5.74, 6) is -1.17. The number of carboxylic acid groups (broad SMARTS) is 1. The first-order chi connectivity index (χ1) is 12.7. The summed E-state index contributed by atoms with van der Waals surface area (Å²) < 4.78 is 0. The molecule has 0 aromatic rings. The third-order valence-corrected chi connectivity index (χ3v) is 3.98. The van der Waals surface area contributed by atoms with E-state index in [-0.39, 0.29) is 12.5 Å². The topological polar surface area (TPSA) is 66.4 Å². The van der Waals surface area contributed by atoms with Gasteiger partial charge in [0.1, 0.15) is 6.54 Å². The number of carboxylic acids is 1. The molecule has 0 heterocycles. The van der Waals surface area contributed by atoms with E-state index in [1.54, 1.807) is 0 Å². The molecule has 1 amide bonds. The average Bonchev–Trinajstić information content (AvgIpc) is 2.62. The molecule has 0 aromatic carbocycles. The number of allylic oxidation sites excluding steroid dienone is 6. The summed E-state index contributed by atoms with van der Waals surface area (Å²) >= 11 is 0. The molecule has 4 nitrogen and oxygen atoms in total. The Kier molecular flexibility index (Phi) is 18.1. The first kappa shape index (κ1) is 24.2. The maximum Gasteiger partial charge on any atom is 0.322 e. The minimum absolute atomic E-state index is 0.171. The lowest BCUT2D eigenvalue weighted by Gasteiger charge is -2.02. The Morgan fingerprint density at radius 1 is 0.769 bits per heavy atom. The highest BCUT2D eigenvalue weighted by atomic mass is 16.4. The molecule has 0 fully saturated rings. The molecule has 0 aromatic heterocycles. The highest BCUT2D eigenvalue weighted by Crippen LogP contribution is 2.06. The Bertz CT molecular complexity index is 439. The lowest BCUT2D eigenvalue weighted by Crippen LogP contribution is -2.28. The minimum atomic E-state index is -1.00. The van der Waals surface area contributed by atoms with Gasteiger partial charge in [-0.1, -0.05) is 69.1 Å². The van der Waals surface area contributed by atoms with Crippen LogP contribution in [0.2, 0.25) is 0 Å². The summed E-state index contributed by atoms with van der Waals surface area (Å²) in [6.07, 6.45) is 26.1. The Balaban J connectivity index is 3.36. The van der Waals surface area contributed by atoms with Gasteiger partial charge in [-0.3, -0.25) is 9.59 Å². The summed E-state index contributed by atoms with van der Waals surface area (Å²) in [6, 6.07) is 0. The molecule has 2 N–H and O–H groups in total. The van der Waals surface area contributed by atoms with Crippen LogP contribution < -0.4 is 5.32 Å². The number of nitrogens with one attached hydrogen (secondary N) is 1. The lowest BCUT2D eigenvalue weighted by atomic mass is 10.1. The molecular formula is C22H37NO3. The molecule has 0 radical (unpaired) electrons. The molecule has 0 rings (SSSR count). The SMILES string of the molecule is CCCCC/C=C\C/C=C\C/C=C\CCCCCCC(=O)NCC(=O)O. The normalized spacial score (nSPS) is 11.7. The van der Waals surface area contributed by atoms with Crippen molar-refractivity contribution < 1.29 is 14.7 Å². The zero-order valence-electron chi connectivity index (χ0n) is 16.4. The molecule has 0 saturated heterocycles. The summed E-state index contributed by atoms with van der Waals surface area (Å²) in [5.41, 5.74) is 0. The molecule has 4 heteroatoms. The van der Waals surface area contributed by atoms with Crippen LogP contribution in [0.1, 0.15) is 84.0 Å². The van der Waals surface area contributed by atoms with Crippen molar-refractivity contribution >= 4 is 11.9 Å². The van der Waals surface area contributed by atoms with Crippen molar-refractivity contribution in [1.82, 2.24) is 5.32 Å². The summed E-state index contributed by atoms with van der Waals surface area (Å²) in [7, 11) is 0. The van der Waals surface area contributed by atoms with E-state index in [2.05, 4.69) is 48.7 Å². The maximum absolute atomic E-state index is 11.3. The first-order valence-corrected chi connectivity index (χ1v) is 10.1. The average molecular weight is 364 g/mol. The fraction of sp³-hybridized carbons (Fsp3) is 0.636. The Labute approximate surface area is 159 Å². The number of unbranched alkanes of at least 4 members (excludes halogenated alkanes) is 7. The molecule has 0 aliphatic heterocycles. The van der Waals surface area contributed by atoms with Gasteiger partial charge in [0, 0.05) is 6.42 Å². The van der Waals surface area contributed by atoms with Crippen molar-refractivity contribution in [3.63, 3.8) is 0 Å². The standard InChI is InChI=1S/C22H37NO3/c1-2-3-4-5-6-7-8-9-10-11-12-13-14-15-16-17-18-19-21(24)23-20-22(25)26/h6-7,9-10,12-13H,2-5,8,11,14-20H2,1H3,(H,23,24)(H,25,26)/b7-6-,10-9-,13-12-. The van der Waals surface area contributed by atoms with Gasteiger partial charge in [-0.2, -0.15) is 0 Å². The van der Waals surface area contributed by atoms with E-state index < -0.39 is 5.97 Å². The zero-order valence-corrected chi connectivity index (χ0v) is 16.4. The van der Waals surface area contributed by atoms with E-state index in [4.69, 9.17) is 5.11 Å². The summed E-state index contributed by atoms with van der Waals surface area (Å²) in [6.45, 7) is 1.95. The van der Waals surface area contributed by atoms with Gasteiger partial charge >= 0.3 is 5.97 Å². The van der Waals surface area contributed by atoms with E-state index in [9.17, 15) is 9.59 Å². The monoisotopic (exact) mass is 363 g/mol. The number of hydrogen-bond acceptors (Lipinski definition) is 2. The van der Waals surface area contributed by atoms with Gasteiger partial charge in [0.2, 0.25) is 5.91 Å². The van der Waals surface area contributed by atoms with E-state index in [1.807, 2.05) is 0 Å². The Hall–Kier alpha value is -1.84. The van der Waals surface area contributed by atoms with Crippen molar-refractivity contribution in [2.75, 3.05) is 6.54 Å². The van der Waals surface area contributed by atoms with E-state index in [0.717, 1.165) is 44.9 Å². The van der Waals surface area contributed by atoms with E-state index in [0.29, 0.717) is 6.42 Å². The predicted molar refractivity (Wildman–Crippen MR) is 109 cm³/mol. The van der Waals surface area contributed by atoms with Crippen LogP contribution >= 0.6 is 0 Å². The second-order valence-electron chi connectivity index (χ2n) is 6.50. The van der Waals surface area contributed by atoms with Crippen LogP contribution in [0.3, 0.4) is 0 Å².